The first-order valence-corrected chi connectivity index (χ1v) is 18.0. The summed E-state index contributed by atoms with van der Waals surface area (Å²) in [5.74, 6) is 0.464. The van der Waals surface area contributed by atoms with Crippen molar-refractivity contribution >= 4 is 57.6 Å². The minimum Gasteiger partial charge on any atom is -0.457 e. The van der Waals surface area contributed by atoms with E-state index in [0.29, 0.717) is 39.3 Å². The van der Waals surface area contributed by atoms with Gasteiger partial charge >= 0.3 is 0 Å². The quantitative estimate of drug-likeness (QED) is 0.0988. The van der Waals surface area contributed by atoms with Crippen molar-refractivity contribution in [1.29, 1.82) is 5.26 Å². The number of nitrogens with one attached hydrogen (secondary N) is 3. The molecule has 3 amide bonds. The van der Waals surface area contributed by atoms with Crippen molar-refractivity contribution < 1.29 is 18.8 Å². The lowest BCUT2D eigenvalue weighted by atomic mass is 9.89. The van der Waals surface area contributed by atoms with Crippen molar-refractivity contribution in [1.82, 2.24) is 5.32 Å². The number of fused-ring (bicyclic) bond motifs is 1. The maximum atomic E-state index is 13.6. The Morgan fingerprint density at radius 3 is 2.44 bits per heavy atom. The summed E-state index contributed by atoms with van der Waals surface area (Å²) in [5.41, 5.74) is 4.62. The number of hydrogen-bond donors (Lipinski definition) is 3. The zero-order valence-corrected chi connectivity index (χ0v) is 29.5. The smallest absolute Gasteiger partial charge is 0.272 e. The van der Waals surface area contributed by atoms with Gasteiger partial charge in [0.1, 0.15) is 28.3 Å². The second kappa shape index (κ2) is 15.5. The number of nitrogens with zero attached hydrogens (tertiary/aromatic N) is 1. The molecule has 8 nitrogen and oxygen atoms in total. The highest BCUT2D eigenvalue weighted by Crippen LogP contribution is 2.39. The largest absolute Gasteiger partial charge is 0.457 e. The number of anilines is 2. The fourth-order valence-electron chi connectivity index (χ4n) is 5.63. The lowest BCUT2D eigenvalue weighted by molar-refractivity contribution is -0.115. The molecule has 2 aromatic heterocycles. The SMILES string of the molecule is Cc1ccc(-c2ccc(/C=C(\NC(=O)c3ccccc3)C(=O)Nc3ccc(S[C@H](C)C(=O)Nc4sc5c(c4C#N)CC[C@@H](C)C5)cc3)o2)cc1. The summed E-state index contributed by atoms with van der Waals surface area (Å²) in [6, 6.07) is 29.6. The number of furan rings is 1. The number of thioether (sulfide) groups is 1. The second-order valence-corrected chi connectivity index (χ2v) is 14.9. The first kappa shape index (κ1) is 34.5. The van der Waals surface area contributed by atoms with Crippen molar-refractivity contribution in [2.24, 2.45) is 5.92 Å². The van der Waals surface area contributed by atoms with Crippen molar-refractivity contribution in [3.8, 4) is 17.4 Å². The van der Waals surface area contributed by atoms with Gasteiger partial charge in [0.25, 0.3) is 11.8 Å². The summed E-state index contributed by atoms with van der Waals surface area (Å²) in [6.07, 6.45) is 4.36. The highest BCUT2D eigenvalue weighted by molar-refractivity contribution is 8.00. The Hall–Kier alpha value is -5.37. The van der Waals surface area contributed by atoms with E-state index in [-0.39, 0.29) is 11.6 Å². The monoisotopic (exact) mass is 700 g/mol. The molecule has 0 saturated carbocycles. The van der Waals surface area contributed by atoms with E-state index < -0.39 is 17.1 Å². The van der Waals surface area contributed by atoms with Crippen LogP contribution in [0.25, 0.3) is 17.4 Å². The fraction of sp³-hybridized carbons (Fsp3) is 0.200. The van der Waals surface area contributed by atoms with Crippen LogP contribution in [0, 0.1) is 24.2 Å². The molecule has 0 aliphatic heterocycles. The van der Waals surface area contributed by atoms with E-state index in [1.807, 2.05) is 62.4 Å². The zero-order valence-electron chi connectivity index (χ0n) is 27.9. The molecular weight excluding hydrogens is 665 g/mol. The van der Waals surface area contributed by atoms with Crippen LogP contribution in [0.15, 0.2) is 106 Å². The van der Waals surface area contributed by atoms with E-state index in [1.165, 1.54) is 34.1 Å². The number of aryl methyl sites for hydroxylation is 1. The first-order valence-electron chi connectivity index (χ1n) is 16.4. The number of rotatable bonds is 10. The van der Waals surface area contributed by atoms with Crippen LogP contribution in [0.2, 0.25) is 0 Å². The molecule has 5 aromatic rings. The Labute approximate surface area is 299 Å². The minimum atomic E-state index is -0.531. The Morgan fingerprint density at radius 2 is 1.72 bits per heavy atom. The number of thiophene rings is 1. The van der Waals surface area contributed by atoms with E-state index >= 15 is 0 Å². The average molecular weight is 701 g/mol. The zero-order chi connectivity index (χ0) is 35.2. The van der Waals surface area contributed by atoms with Gasteiger partial charge in [0.05, 0.1) is 10.8 Å². The molecule has 3 N–H and O–H groups in total. The molecule has 6 rings (SSSR count). The van der Waals surface area contributed by atoms with Crippen LogP contribution in [0.4, 0.5) is 10.7 Å². The molecule has 2 heterocycles. The van der Waals surface area contributed by atoms with Gasteiger partial charge in [0, 0.05) is 32.7 Å². The van der Waals surface area contributed by atoms with E-state index in [4.69, 9.17) is 4.42 Å². The Balaban J connectivity index is 1.13. The number of hydrogen-bond acceptors (Lipinski definition) is 7. The van der Waals surface area contributed by atoms with Gasteiger partial charge < -0.3 is 20.4 Å². The third-order valence-electron chi connectivity index (χ3n) is 8.43. The summed E-state index contributed by atoms with van der Waals surface area (Å²) < 4.78 is 6.02. The molecule has 0 radical (unpaired) electrons. The second-order valence-electron chi connectivity index (χ2n) is 12.3. The molecule has 50 heavy (non-hydrogen) atoms. The minimum absolute atomic E-state index is 0.00820. The average Bonchev–Trinajstić information content (AvgIpc) is 3.73. The molecule has 3 aromatic carbocycles. The molecule has 10 heteroatoms. The van der Waals surface area contributed by atoms with E-state index in [1.54, 1.807) is 42.5 Å². The summed E-state index contributed by atoms with van der Waals surface area (Å²) in [6.45, 7) is 6.05. The van der Waals surface area contributed by atoms with E-state index in [2.05, 4.69) is 28.9 Å². The van der Waals surface area contributed by atoms with Gasteiger partial charge in [-0.05, 0) is 93.1 Å². The van der Waals surface area contributed by atoms with E-state index in [0.717, 1.165) is 40.8 Å². The van der Waals surface area contributed by atoms with Gasteiger partial charge in [0.2, 0.25) is 5.91 Å². The van der Waals surface area contributed by atoms with Crippen molar-refractivity contribution in [3.63, 3.8) is 0 Å². The standard InChI is InChI=1S/C40H36N4O4S2/c1-24-9-12-27(13-10-24)35-20-16-30(48-35)22-34(43-38(46)28-7-5-4-6-8-28)39(47)42-29-14-17-31(18-15-29)49-26(3)37(45)44-40-33(23-41)32-19-11-25(2)21-36(32)50-40/h4-10,12-18,20,22,25-26H,11,19,21H2,1-3H3,(H,42,47)(H,43,46)(H,44,45)/b34-22-/t25-,26-/m1/s1. The fourth-order valence-corrected chi connectivity index (χ4v) is 7.86. The predicted octanol–water partition coefficient (Wildman–Crippen LogP) is 8.84. The molecule has 0 spiro atoms. The number of carbonyl (C=O) groups is 3. The maximum Gasteiger partial charge on any atom is 0.272 e. The van der Waals surface area contributed by atoms with Gasteiger partial charge in [-0.2, -0.15) is 5.26 Å². The predicted molar refractivity (Wildman–Crippen MR) is 200 cm³/mol. The summed E-state index contributed by atoms with van der Waals surface area (Å²) in [5, 5.41) is 18.6. The van der Waals surface area contributed by atoms with Crippen molar-refractivity contribution in [2.75, 3.05) is 10.6 Å². The first-order chi connectivity index (χ1) is 24.2. The number of carbonyl (C=O) groups excluding carboxylic acids is 3. The van der Waals surface area contributed by atoms with Crippen LogP contribution in [-0.2, 0) is 22.4 Å². The van der Waals surface area contributed by atoms with Gasteiger partial charge in [-0.3, -0.25) is 14.4 Å². The highest BCUT2D eigenvalue weighted by atomic mass is 32.2. The lowest BCUT2D eigenvalue weighted by Crippen LogP contribution is -2.30. The topological polar surface area (TPSA) is 124 Å². The third-order valence-corrected chi connectivity index (χ3v) is 10.7. The molecule has 0 saturated heterocycles. The molecule has 1 aliphatic rings. The van der Waals surface area contributed by atoms with Crippen LogP contribution in [0.3, 0.4) is 0 Å². The van der Waals surface area contributed by atoms with Crippen LogP contribution < -0.4 is 16.0 Å². The van der Waals surface area contributed by atoms with Gasteiger partial charge in [0.15, 0.2) is 0 Å². The normalized spacial score (nSPS) is 14.6. The maximum absolute atomic E-state index is 13.6. The number of nitriles is 1. The van der Waals surface area contributed by atoms with Crippen molar-refractivity contribution in [3.05, 3.63) is 130 Å². The van der Waals surface area contributed by atoms with Crippen LogP contribution in [0.5, 0.6) is 0 Å². The van der Waals surface area contributed by atoms with Crippen molar-refractivity contribution in [2.45, 2.75) is 50.2 Å². The highest BCUT2D eigenvalue weighted by Gasteiger charge is 2.26. The lowest BCUT2D eigenvalue weighted by Gasteiger charge is -2.17. The Kier molecular flexibility index (Phi) is 10.7. The number of benzene rings is 3. The molecule has 0 unspecified atom stereocenters. The van der Waals surface area contributed by atoms with Gasteiger partial charge in [-0.1, -0.05) is 55.0 Å². The Bertz CT molecular complexity index is 2090. The van der Waals surface area contributed by atoms with E-state index in [9.17, 15) is 19.6 Å². The Morgan fingerprint density at radius 1 is 0.980 bits per heavy atom. The molecule has 1 aliphatic carbocycles. The van der Waals surface area contributed by atoms with Gasteiger partial charge in [-0.25, -0.2) is 0 Å². The molecular formula is C40H36N4O4S2. The van der Waals surface area contributed by atoms with Crippen LogP contribution in [0.1, 0.15) is 58.0 Å². The summed E-state index contributed by atoms with van der Waals surface area (Å²) >= 11 is 2.89. The molecule has 0 fully saturated rings. The van der Waals surface area contributed by atoms with Crippen LogP contribution >= 0.6 is 23.1 Å². The summed E-state index contributed by atoms with van der Waals surface area (Å²) in [4.78, 5) is 41.8. The van der Waals surface area contributed by atoms with Crippen LogP contribution in [-0.4, -0.2) is 23.0 Å². The third kappa shape index (κ3) is 8.25. The number of amides is 3. The molecule has 252 valence electrons. The molecule has 0 bridgehead atoms. The molecule has 2 atom stereocenters. The van der Waals surface area contributed by atoms with Gasteiger partial charge in [-0.15, -0.1) is 23.1 Å². The summed E-state index contributed by atoms with van der Waals surface area (Å²) in [7, 11) is 0.